The van der Waals surface area contributed by atoms with Crippen molar-refractivity contribution in [2.75, 3.05) is 13.1 Å². The van der Waals surface area contributed by atoms with Crippen molar-refractivity contribution in [3.05, 3.63) is 29.8 Å². The first kappa shape index (κ1) is 19.3. The summed E-state index contributed by atoms with van der Waals surface area (Å²) in [6.45, 7) is 6.18. The van der Waals surface area contributed by atoms with Crippen LogP contribution < -0.4 is 10.0 Å². The summed E-state index contributed by atoms with van der Waals surface area (Å²) >= 11 is 0. The predicted octanol–water partition coefficient (Wildman–Crippen LogP) is 1.72. The van der Waals surface area contributed by atoms with Crippen LogP contribution in [0.4, 0.5) is 0 Å². The highest BCUT2D eigenvalue weighted by Gasteiger charge is 2.14. The monoisotopic (exact) mass is 340 g/mol. The van der Waals surface area contributed by atoms with Crippen LogP contribution >= 0.6 is 0 Å². The molecule has 0 saturated carbocycles. The van der Waals surface area contributed by atoms with Gasteiger partial charge in [-0.15, -0.1) is 0 Å². The van der Waals surface area contributed by atoms with E-state index in [0.717, 1.165) is 6.42 Å². The Morgan fingerprint density at radius 1 is 1.09 bits per heavy atom. The first-order valence-corrected chi connectivity index (χ1v) is 9.08. The number of benzene rings is 1. The molecule has 0 spiro atoms. The molecule has 0 fully saturated rings. The minimum Gasteiger partial charge on any atom is -0.356 e. The lowest BCUT2D eigenvalue weighted by Crippen LogP contribution is -2.31. The van der Waals surface area contributed by atoms with E-state index in [1.807, 2.05) is 0 Å². The fourth-order valence-electron chi connectivity index (χ4n) is 1.84. The zero-order valence-corrected chi connectivity index (χ0v) is 14.6. The summed E-state index contributed by atoms with van der Waals surface area (Å²) in [4.78, 5) is 22.8. The number of carbonyl (C=O) groups is 2. The zero-order valence-electron chi connectivity index (χ0n) is 13.8. The fraction of sp³-hybridized carbons (Fsp3) is 0.500. The van der Waals surface area contributed by atoms with Crippen molar-refractivity contribution in [1.29, 1.82) is 0 Å². The van der Waals surface area contributed by atoms with E-state index in [9.17, 15) is 18.0 Å². The van der Waals surface area contributed by atoms with Crippen molar-refractivity contribution in [2.24, 2.45) is 5.92 Å². The average Bonchev–Trinajstić information content (AvgIpc) is 2.46. The largest absolute Gasteiger partial charge is 0.356 e. The summed E-state index contributed by atoms with van der Waals surface area (Å²) in [7, 11) is -3.67. The molecule has 23 heavy (non-hydrogen) atoms. The molecule has 128 valence electrons. The molecule has 0 bridgehead atoms. The third-order valence-electron chi connectivity index (χ3n) is 3.26. The van der Waals surface area contributed by atoms with Crippen LogP contribution in [0.1, 0.15) is 44.0 Å². The number of ketones is 1. The van der Waals surface area contributed by atoms with Crippen molar-refractivity contribution in [3.8, 4) is 0 Å². The van der Waals surface area contributed by atoms with Gasteiger partial charge in [-0.2, -0.15) is 0 Å². The first-order chi connectivity index (χ1) is 10.7. The Kier molecular flexibility index (Phi) is 7.38. The summed E-state index contributed by atoms with van der Waals surface area (Å²) in [5, 5.41) is 2.75. The lowest BCUT2D eigenvalue weighted by atomic mass is 10.1. The molecule has 0 saturated heterocycles. The smallest absolute Gasteiger partial charge is 0.240 e. The lowest BCUT2D eigenvalue weighted by Gasteiger charge is -2.09. The number of amides is 1. The highest BCUT2D eigenvalue weighted by Crippen LogP contribution is 2.10. The molecule has 7 heteroatoms. The Morgan fingerprint density at radius 2 is 1.70 bits per heavy atom. The molecule has 1 rings (SSSR count). The molecular formula is C16H24N2O4S. The van der Waals surface area contributed by atoms with Crippen molar-refractivity contribution < 1.29 is 18.0 Å². The first-order valence-electron chi connectivity index (χ1n) is 7.59. The molecule has 0 radical (unpaired) electrons. The van der Waals surface area contributed by atoms with E-state index < -0.39 is 10.0 Å². The predicted molar refractivity (Wildman–Crippen MR) is 88.7 cm³/mol. The maximum Gasteiger partial charge on any atom is 0.240 e. The molecule has 0 heterocycles. The maximum absolute atomic E-state index is 12.1. The number of hydrogen-bond acceptors (Lipinski definition) is 4. The SMILES string of the molecule is CC(=O)c1ccc(S(=O)(=O)NCCC(=O)NCCC(C)C)cc1. The van der Waals surface area contributed by atoms with E-state index in [4.69, 9.17) is 0 Å². The molecule has 1 amide bonds. The van der Waals surface area contributed by atoms with Crippen molar-refractivity contribution in [3.63, 3.8) is 0 Å². The van der Waals surface area contributed by atoms with E-state index in [1.54, 1.807) is 0 Å². The Balaban J connectivity index is 2.46. The number of hydrogen-bond donors (Lipinski definition) is 2. The molecule has 0 atom stereocenters. The molecule has 6 nitrogen and oxygen atoms in total. The normalized spacial score (nSPS) is 11.5. The van der Waals surface area contributed by atoms with Crippen LogP contribution in [0.3, 0.4) is 0 Å². The molecule has 0 unspecified atom stereocenters. The van der Waals surface area contributed by atoms with Crippen LogP contribution in [0.25, 0.3) is 0 Å². The summed E-state index contributed by atoms with van der Waals surface area (Å²) in [5.41, 5.74) is 0.452. The fourth-order valence-corrected chi connectivity index (χ4v) is 2.87. The molecular weight excluding hydrogens is 316 g/mol. The van der Waals surface area contributed by atoms with Crippen LogP contribution in [0.5, 0.6) is 0 Å². The molecule has 2 N–H and O–H groups in total. The summed E-state index contributed by atoms with van der Waals surface area (Å²) in [5.74, 6) is 0.201. The number of carbonyl (C=O) groups excluding carboxylic acids is 2. The van der Waals surface area contributed by atoms with Gasteiger partial charge < -0.3 is 5.32 Å². The molecule has 0 aliphatic rings. The molecule has 1 aromatic rings. The van der Waals surface area contributed by atoms with E-state index in [-0.39, 0.29) is 29.6 Å². The Hall–Kier alpha value is -1.73. The van der Waals surface area contributed by atoms with Gasteiger partial charge in [0.05, 0.1) is 4.90 Å². The van der Waals surface area contributed by atoms with E-state index in [1.165, 1.54) is 31.2 Å². The van der Waals surface area contributed by atoms with Gasteiger partial charge in [0.2, 0.25) is 15.9 Å². The van der Waals surface area contributed by atoms with Crippen molar-refractivity contribution in [2.45, 2.75) is 38.5 Å². The summed E-state index contributed by atoms with van der Waals surface area (Å²) in [6.07, 6.45) is 0.975. The minimum absolute atomic E-state index is 0.0320. The van der Waals surface area contributed by atoms with Crippen LogP contribution in [0, 0.1) is 5.92 Å². The van der Waals surface area contributed by atoms with Crippen LogP contribution in [-0.2, 0) is 14.8 Å². The second kappa shape index (κ2) is 8.79. The zero-order chi connectivity index (χ0) is 17.5. The Labute approximate surface area is 137 Å². The average molecular weight is 340 g/mol. The van der Waals surface area contributed by atoms with Crippen LogP contribution in [0.15, 0.2) is 29.2 Å². The third-order valence-corrected chi connectivity index (χ3v) is 4.74. The van der Waals surface area contributed by atoms with Crippen LogP contribution in [0.2, 0.25) is 0 Å². The van der Waals surface area contributed by atoms with Gasteiger partial charge in [-0.05, 0) is 31.4 Å². The lowest BCUT2D eigenvalue weighted by molar-refractivity contribution is -0.120. The second-order valence-corrected chi connectivity index (χ2v) is 7.53. The summed E-state index contributed by atoms with van der Waals surface area (Å²) < 4.78 is 26.5. The number of Topliss-reactive ketones (excluding diaryl/α,β-unsaturated/α-hetero) is 1. The molecule has 1 aromatic carbocycles. The molecule has 0 aliphatic carbocycles. The Morgan fingerprint density at radius 3 is 2.22 bits per heavy atom. The molecule has 0 aromatic heterocycles. The van der Waals surface area contributed by atoms with E-state index in [2.05, 4.69) is 23.9 Å². The maximum atomic E-state index is 12.1. The second-order valence-electron chi connectivity index (χ2n) is 5.76. The quantitative estimate of drug-likeness (QED) is 0.670. The van der Waals surface area contributed by atoms with Gasteiger partial charge in [0.1, 0.15) is 0 Å². The van der Waals surface area contributed by atoms with E-state index >= 15 is 0 Å². The standard InChI is InChI=1S/C16H24N2O4S/c1-12(2)8-10-17-16(20)9-11-18-23(21,22)15-6-4-14(5-7-15)13(3)19/h4-7,12,18H,8-11H2,1-3H3,(H,17,20). The Bertz CT molecular complexity index is 637. The van der Waals surface area contributed by atoms with Gasteiger partial charge in [-0.3, -0.25) is 9.59 Å². The number of nitrogens with one attached hydrogen (secondary N) is 2. The summed E-state index contributed by atoms with van der Waals surface area (Å²) in [6, 6.07) is 5.69. The number of sulfonamides is 1. The van der Waals surface area contributed by atoms with Gasteiger partial charge >= 0.3 is 0 Å². The molecule has 0 aliphatic heterocycles. The highest BCUT2D eigenvalue weighted by atomic mass is 32.2. The van der Waals surface area contributed by atoms with Gasteiger partial charge in [-0.25, -0.2) is 13.1 Å². The van der Waals surface area contributed by atoms with Crippen LogP contribution in [-0.4, -0.2) is 33.2 Å². The van der Waals surface area contributed by atoms with Gasteiger partial charge in [0.15, 0.2) is 5.78 Å². The third kappa shape index (κ3) is 6.92. The highest BCUT2D eigenvalue weighted by molar-refractivity contribution is 7.89. The van der Waals surface area contributed by atoms with Crippen molar-refractivity contribution >= 4 is 21.7 Å². The topological polar surface area (TPSA) is 92.3 Å². The van der Waals surface area contributed by atoms with Gasteiger partial charge in [0, 0.05) is 25.1 Å². The van der Waals surface area contributed by atoms with Gasteiger partial charge in [-0.1, -0.05) is 26.0 Å². The van der Waals surface area contributed by atoms with Crippen molar-refractivity contribution in [1.82, 2.24) is 10.0 Å². The van der Waals surface area contributed by atoms with Gasteiger partial charge in [0.25, 0.3) is 0 Å². The van der Waals surface area contributed by atoms with E-state index in [0.29, 0.717) is 18.0 Å². The number of rotatable bonds is 9. The minimum atomic E-state index is -3.67.